The largest absolute Gasteiger partial charge is 0.454 e. The Labute approximate surface area is 129 Å². The second-order valence-electron chi connectivity index (χ2n) is 5.91. The van der Waals surface area contributed by atoms with Gasteiger partial charge in [-0.25, -0.2) is 0 Å². The first-order chi connectivity index (χ1) is 9.97. The zero-order valence-electron chi connectivity index (χ0n) is 12.4. The third-order valence-corrected chi connectivity index (χ3v) is 4.48. The number of rotatable bonds is 2. The lowest BCUT2D eigenvalue weighted by Crippen LogP contribution is -2.35. The van der Waals surface area contributed by atoms with Gasteiger partial charge in [0.25, 0.3) is 5.91 Å². The molecule has 5 nitrogen and oxygen atoms in total. The Morgan fingerprint density at radius 3 is 2.76 bits per heavy atom. The summed E-state index contributed by atoms with van der Waals surface area (Å²) in [5.41, 5.74) is 0.552. The minimum absolute atomic E-state index is 0.00796. The predicted molar refractivity (Wildman–Crippen MR) is 80.1 cm³/mol. The molecule has 0 radical (unpaired) electrons. The maximum absolute atomic E-state index is 12.7. The van der Waals surface area contributed by atoms with Crippen molar-refractivity contribution in [3.8, 4) is 11.5 Å². The van der Waals surface area contributed by atoms with Gasteiger partial charge in [0.2, 0.25) is 6.79 Å². The van der Waals surface area contributed by atoms with Crippen LogP contribution in [0, 0.1) is 5.92 Å². The number of likely N-dealkylation sites (N-methyl/N-ethyl adjacent to an activating group) is 1. The molecule has 0 bridgehead atoms. The van der Waals surface area contributed by atoms with E-state index in [9.17, 15) is 4.79 Å². The molecule has 2 atom stereocenters. The normalized spacial score (nSPS) is 24.0. The highest BCUT2D eigenvalue weighted by Gasteiger charge is 2.34. The summed E-state index contributed by atoms with van der Waals surface area (Å²) in [6, 6.07) is 3.76. The Morgan fingerprint density at radius 2 is 2.10 bits per heavy atom. The van der Waals surface area contributed by atoms with Crippen LogP contribution in [0.15, 0.2) is 12.1 Å². The van der Waals surface area contributed by atoms with E-state index in [1.807, 2.05) is 19.0 Å². The van der Waals surface area contributed by atoms with E-state index in [0.717, 1.165) is 13.1 Å². The van der Waals surface area contributed by atoms with E-state index in [1.54, 1.807) is 12.1 Å². The first-order valence-electron chi connectivity index (χ1n) is 7.02. The van der Waals surface area contributed by atoms with Crippen molar-refractivity contribution in [3.05, 3.63) is 22.7 Å². The minimum Gasteiger partial charge on any atom is -0.454 e. The summed E-state index contributed by atoms with van der Waals surface area (Å²) in [5.74, 6) is 1.51. The summed E-state index contributed by atoms with van der Waals surface area (Å²) in [4.78, 5) is 16.7. The van der Waals surface area contributed by atoms with E-state index < -0.39 is 0 Å². The summed E-state index contributed by atoms with van der Waals surface area (Å²) < 4.78 is 10.6. The smallest absolute Gasteiger partial charge is 0.254 e. The molecule has 3 rings (SSSR count). The fourth-order valence-electron chi connectivity index (χ4n) is 3.06. The molecule has 6 heteroatoms. The fraction of sp³-hybridized carbons (Fsp3) is 0.533. The average Bonchev–Trinajstić information content (AvgIpc) is 3.04. The van der Waals surface area contributed by atoms with Gasteiger partial charge in [-0.3, -0.25) is 4.79 Å². The molecular formula is C15H19ClN2O3. The number of carbonyl (C=O) groups excluding carboxylic acids is 1. The monoisotopic (exact) mass is 310 g/mol. The molecule has 0 N–H and O–H groups in total. The van der Waals surface area contributed by atoms with Crippen molar-refractivity contribution in [1.82, 2.24) is 9.80 Å². The molecule has 0 unspecified atom stereocenters. The summed E-state index contributed by atoms with van der Waals surface area (Å²) in [5, 5.41) is 0.421. The van der Waals surface area contributed by atoms with Crippen LogP contribution in [0.5, 0.6) is 11.5 Å². The summed E-state index contributed by atoms with van der Waals surface area (Å²) in [7, 11) is 4.10. The van der Waals surface area contributed by atoms with Crippen molar-refractivity contribution in [2.45, 2.75) is 13.0 Å². The van der Waals surface area contributed by atoms with Crippen molar-refractivity contribution >= 4 is 17.5 Å². The Hall–Kier alpha value is -1.46. The van der Waals surface area contributed by atoms with Gasteiger partial charge in [-0.1, -0.05) is 18.5 Å². The van der Waals surface area contributed by atoms with Crippen LogP contribution in [-0.2, 0) is 0 Å². The van der Waals surface area contributed by atoms with E-state index in [4.69, 9.17) is 21.1 Å². The van der Waals surface area contributed by atoms with Crippen LogP contribution < -0.4 is 9.47 Å². The highest BCUT2D eigenvalue weighted by Crippen LogP contribution is 2.40. The molecule has 0 saturated carbocycles. The second kappa shape index (κ2) is 5.39. The Bertz CT molecular complexity index is 576. The Morgan fingerprint density at radius 1 is 1.33 bits per heavy atom. The van der Waals surface area contributed by atoms with Gasteiger partial charge in [0.05, 0.1) is 5.02 Å². The number of hydrogen-bond acceptors (Lipinski definition) is 4. The van der Waals surface area contributed by atoms with E-state index >= 15 is 0 Å². The summed E-state index contributed by atoms with van der Waals surface area (Å²) in [6.45, 7) is 3.81. The van der Waals surface area contributed by atoms with Crippen molar-refractivity contribution in [2.24, 2.45) is 5.92 Å². The number of nitrogens with zero attached hydrogens (tertiary/aromatic N) is 2. The lowest BCUT2D eigenvalue weighted by molar-refractivity contribution is 0.0781. The topological polar surface area (TPSA) is 42.0 Å². The standard InChI is InChI=1S/C15H19ClN2O3/c1-9-6-18(7-12(9)17(2)3)15(19)10-4-11(16)14-13(5-10)20-8-21-14/h4-5,9,12H,6-8H2,1-3H3/t9-,12+/m1/s1. The first-order valence-corrected chi connectivity index (χ1v) is 7.40. The van der Waals surface area contributed by atoms with Crippen molar-refractivity contribution in [2.75, 3.05) is 34.0 Å². The van der Waals surface area contributed by atoms with Crippen LogP contribution in [0.1, 0.15) is 17.3 Å². The van der Waals surface area contributed by atoms with Gasteiger partial charge in [0.15, 0.2) is 11.5 Å². The minimum atomic E-state index is -0.00796. The molecular weight excluding hydrogens is 292 g/mol. The van der Waals surface area contributed by atoms with Gasteiger partial charge in [-0.15, -0.1) is 0 Å². The Kier molecular flexibility index (Phi) is 3.71. The molecule has 1 saturated heterocycles. The highest BCUT2D eigenvalue weighted by atomic mass is 35.5. The van der Waals surface area contributed by atoms with Crippen LogP contribution in [0.4, 0.5) is 0 Å². The maximum atomic E-state index is 12.7. The van der Waals surface area contributed by atoms with Gasteiger partial charge in [-0.05, 0) is 32.1 Å². The van der Waals surface area contributed by atoms with Gasteiger partial charge < -0.3 is 19.3 Å². The molecule has 0 aliphatic carbocycles. The predicted octanol–water partition coefficient (Wildman–Crippen LogP) is 2.09. The van der Waals surface area contributed by atoms with Crippen molar-refractivity contribution < 1.29 is 14.3 Å². The maximum Gasteiger partial charge on any atom is 0.254 e. The molecule has 2 aliphatic heterocycles. The Balaban J connectivity index is 1.82. The number of ether oxygens (including phenoxy) is 2. The molecule has 0 aromatic heterocycles. The molecule has 0 spiro atoms. The SMILES string of the molecule is C[C@@H]1CN(C(=O)c2cc(Cl)c3c(c2)OCO3)C[C@@H]1N(C)C. The molecule has 2 heterocycles. The van der Waals surface area contributed by atoms with E-state index in [2.05, 4.69) is 11.8 Å². The zero-order chi connectivity index (χ0) is 15.1. The van der Waals surface area contributed by atoms with Gasteiger partial charge >= 0.3 is 0 Å². The summed E-state index contributed by atoms with van der Waals surface area (Å²) in [6.07, 6.45) is 0. The van der Waals surface area contributed by atoms with Crippen LogP contribution in [0.2, 0.25) is 5.02 Å². The number of amides is 1. The lowest BCUT2D eigenvalue weighted by atomic mass is 10.1. The van der Waals surface area contributed by atoms with Gasteiger partial charge in [-0.2, -0.15) is 0 Å². The number of halogens is 1. The molecule has 1 aromatic rings. The number of carbonyl (C=O) groups is 1. The number of benzene rings is 1. The van der Waals surface area contributed by atoms with E-state index in [1.165, 1.54) is 0 Å². The number of likely N-dealkylation sites (tertiary alicyclic amines) is 1. The molecule has 2 aliphatic rings. The lowest BCUT2D eigenvalue weighted by Gasteiger charge is -2.22. The van der Waals surface area contributed by atoms with Gasteiger partial charge in [0, 0.05) is 24.7 Å². The summed E-state index contributed by atoms with van der Waals surface area (Å²) >= 11 is 6.15. The van der Waals surface area contributed by atoms with Crippen LogP contribution in [-0.4, -0.2) is 55.7 Å². The van der Waals surface area contributed by atoms with Crippen molar-refractivity contribution in [3.63, 3.8) is 0 Å². The van der Waals surface area contributed by atoms with Gasteiger partial charge in [0.1, 0.15) is 0 Å². The third kappa shape index (κ3) is 2.56. The van der Waals surface area contributed by atoms with E-state index in [-0.39, 0.29) is 12.7 Å². The first kappa shape index (κ1) is 14.5. The average molecular weight is 311 g/mol. The van der Waals surface area contributed by atoms with Crippen LogP contribution in [0.3, 0.4) is 0 Å². The molecule has 1 fully saturated rings. The molecule has 21 heavy (non-hydrogen) atoms. The second-order valence-corrected chi connectivity index (χ2v) is 6.32. The molecule has 1 aromatic carbocycles. The fourth-order valence-corrected chi connectivity index (χ4v) is 3.33. The van der Waals surface area contributed by atoms with Crippen LogP contribution >= 0.6 is 11.6 Å². The molecule has 114 valence electrons. The zero-order valence-corrected chi connectivity index (χ0v) is 13.2. The van der Waals surface area contributed by atoms with E-state index in [0.29, 0.717) is 34.0 Å². The van der Waals surface area contributed by atoms with Crippen molar-refractivity contribution in [1.29, 1.82) is 0 Å². The third-order valence-electron chi connectivity index (χ3n) is 4.20. The van der Waals surface area contributed by atoms with Crippen LogP contribution in [0.25, 0.3) is 0 Å². The quantitative estimate of drug-likeness (QED) is 0.839. The highest BCUT2D eigenvalue weighted by molar-refractivity contribution is 6.32. The molecule has 1 amide bonds. The number of hydrogen-bond donors (Lipinski definition) is 0. The number of fused-ring (bicyclic) bond motifs is 1.